The third kappa shape index (κ3) is 4.65. The average Bonchev–Trinajstić information content (AvgIpc) is 2.73. The van der Waals surface area contributed by atoms with Crippen molar-refractivity contribution in [3.05, 3.63) is 105 Å². The van der Waals surface area contributed by atoms with Crippen molar-refractivity contribution in [2.75, 3.05) is 5.32 Å². The molecule has 0 heterocycles. The van der Waals surface area contributed by atoms with E-state index in [9.17, 15) is 4.39 Å². The minimum absolute atomic E-state index is 0.228. The highest BCUT2D eigenvalue weighted by Gasteiger charge is 2.12. The van der Waals surface area contributed by atoms with Crippen LogP contribution in [0.25, 0.3) is 10.8 Å². The van der Waals surface area contributed by atoms with Gasteiger partial charge in [-0.15, -0.1) is 0 Å². The van der Waals surface area contributed by atoms with Crippen LogP contribution in [0.2, 0.25) is 15.1 Å². The van der Waals surface area contributed by atoms with Crippen LogP contribution in [-0.4, -0.2) is 0 Å². The van der Waals surface area contributed by atoms with Gasteiger partial charge in [0.2, 0.25) is 0 Å². The maximum absolute atomic E-state index is 13.3. The summed E-state index contributed by atoms with van der Waals surface area (Å²) < 4.78 is 19.4. The van der Waals surface area contributed by atoms with E-state index >= 15 is 0 Å². The maximum Gasteiger partial charge on any atom is 0.125 e. The molecule has 6 heteroatoms. The zero-order valence-corrected chi connectivity index (χ0v) is 18.0. The van der Waals surface area contributed by atoms with Crippen molar-refractivity contribution in [2.24, 2.45) is 0 Å². The minimum atomic E-state index is -0.376. The first-order chi connectivity index (χ1) is 14.5. The molecular formula is C24H17Cl3FNO. The van der Waals surface area contributed by atoms with Gasteiger partial charge in [-0.3, -0.25) is 0 Å². The molecule has 0 aromatic heterocycles. The molecule has 152 valence electrons. The average molecular weight is 461 g/mol. The van der Waals surface area contributed by atoms with Gasteiger partial charge >= 0.3 is 0 Å². The number of hydrogen-bond donors (Lipinski definition) is 1. The molecule has 4 rings (SSSR count). The first kappa shape index (κ1) is 20.8. The number of fused-ring (bicyclic) bond motifs is 1. The van der Waals surface area contributed by atoms with Gasteiger partial charge in [0.1, 0.15) is 18.2 Å². The second-order valence-electron chi connectivity index (χ2n) is 6.77. The molecule has 4 aromatic carbocycles. The van der Waals surface area contributed by atoms with E-state index in [0.29, 0.717) is 32.9 Å². The Bertz CT molecular complexity index is 1210. The zero-order valence-electron chi connectivity index (χ0n) is 15.8. The molecule has 0 spiro atoms. The highest BCUT2D eigenvalue weighted by molar-refractivity contribution is 6.36. The van der Waals surface area contributed by atoms with Crippen molar-refractivity contribution >= 4 is 51.3 Å². The summed E-state index contributed by atoms with van der Waals surface area (Å²) in [5.41, 5.74) is 2.48. The predicted octanol–water partition coefficient (Wildman–Crippen LogP) is 8.13. The molecule has 1 N–H and O–H groups in total. The van der Waals surface area contributed by atoms with Gasteiger partial charge in [0.05, 0.1) is 15.7 Å². The summed E-state index contributed by atoms with van der Waals surface area (Å²) in [7, 11) is 0. The molecule has 2 nitrogen and oxygen atoms in total. The summed E-state index contributed by atoms with van der Waals surface area (Å²) in [5, 5.41) is 6.99. The van der Waals surface area contributed by atoms with Gasteiger partial charge in [0, 0.05) is 22.7 Å². The second-order valence-corrected chi connectivity index (χ2v) is 8.02. The van der Waals surface area contributed by atoms with Gasteiger partial charge in [0.15, 0.2) is 0 Å². The normalized spacial score (nSPS) is 10.9. The molecule has 0 amide bonds. The van der Waals surface area contributed by atoms with Crippen LogP contribution in [-0.2, 0) is 13.2 Å². The predicted molar refractivity (Wildman–Crippen MR) is 123 cm³/mol. The Balaban J connectivity index is 1.63. The van der Waals surface area contributed by atoms with Gasteiger partial charge in [0.25, 0.3) is 0 Å². The third-order valence-electron chi connectivity index (χ3n) is 4.78. The SMILES string of the molecule is Fc1ccc(COc2ccc3ccccc3c2CNc2ccc(Cl)cc2Cl)c(Cl)c1. The number of hydrogen-bond acceptors (Lipinski definition) is 2. The Morgan fingerprint density at radius 3 is 2.47 bits per heavy atom. The zero-order chi connectivity index (χ0) is 21.1. The lowest BCUT2D eigenvalue weighted by Gasteiger charge is -2.17. The van der Waals surface area contributed by atoms with Crippen LogP contribution in [0.15, 0.2) is 72.8 Å². The molecule has 0 unspecified atom stereocenters. The Morgan fingerprint density at radius 2 is 1.67 bits per heavy atom. The molecule has 4 aromatic rings. The van der Waals surface area contributed by atoms with Crippen LogP contribution in [0, 0.1) is 5.82 Å². The Hall–Kier alpha value is -2.46. The van der Waals surface area contributed by atoms with Crippen LogP contribution in [0.1, 0.15) is 11.1 Å². The number of nitrogens with one attached hydrogen (secondary N) is 1. The number of ether oxygens (including phenoxy) is 1. The van der Waals surface area contributed by atoms with E-state index in [2.05, 4.69) is 11.4 Å². The van der Waals surface area contributed by atoms with Crippen LogP contribution in [0.3, 0.4) is 0 Å². The summed E-state index contributed by atoms with van der Waals surface area (Å²) in [6.07, 6.45) is 0. The summed E-state index contributed by atoms with van der Waals surface area (Å²) in [6, 6.07) is 21.6. The maximum atomic E-state index is 13.3. The molecule has 30 heavy (non-hydrogen) atoms. The standard InChI is InChI=1S/C24H17Cl3FNO/c25-17-7-9-23(22(27)11-17)29-13-20-19-4-2-1-3-15(19)6-10-24(20)30-14-16-5-8-18(28)12-21(16)26/h1-12,29H,13-14H2. The molecule has 0 fully saturated rings. The molecule has 0 aliphatic carbocycles. The molecular weight excluding hydrogens is 444 g/mol. The van der Waals surface area contributed by atoms with E-state index in [1.165, 1.54) is 12.1 Å². The quantitative estimate of drug-likeness (QED) is 0.313. The van der Waals surface area contributed by atoms with E-state index in [4.69, 9.17) is 39.5 Å². The fraction of sp³-hybridized carbons (Fsp3) is 0.0833. The van der Waals surface area contributed by atoms with Crippen molar-refractivity contribution in [3.8, 4) is 5.75 Å². The third-order valence-corrected chi connectivity index (χ3v) is 5.68. The van der Waals surface area contributed by atoms with Crippen molar-refractivity contribution in [1.82, 2.24) is 0 Å². The minimum Gasteiger partial charge on any atom is -0.488 e. The number of halogens is 4. The first-order valence-corrected chi connectivity index (χ1v) is 10.4. The van der Waals surface area contributed by atoms with Crippen molar-refractivity contribution in [1.29, 1.82) is 0 Å². The molecule has 0 aliphatic heterocycles. The fourth-order valence-corrected chi connectivity index (χ4v) is 3.94. The Kier molecular flexibility index (Phi) is 6.33. The summed E-state index contributed by atoms with van der Waals surface area (Å²) in [5.74, 6) is 0.339. The Labute approximate surface area is 189 Å². The van der Waals surface area contributed by atoms with Gasteiger partial charge in [-0.1, -0.05) is 71.2 Å². The van der Waals surface area contributed by atoms with E-state index in [-0.39, 0.29) is 12.4 Å². The van der Waals surface area contributed by atoms with Gasteiger partial charge < -0.3 is 10.1 Å². The lowest BCUT2D eigenvalue weighted by Crippen LogP contribution is -2.05. The van der Waals surface area contributed by atoms with Crippen molar-refractivity contribution in [3.63, 3.8) is 0 Å². The van der Waals surface area contributed by atoms with Crippen molar-refractivity contribution in [2.45, 2.75) is 13.2 Å². The largest absolute Gasteiger partial charge is 0.488 e. The number of rotatable bonds is 6. The molecule has 0 atom stereocenters. The molecule has 0 aliphatic rings. The summed E-state index contributed by atoms with van der Waals surface area (Å²) >= 11 is 18.4. The van der Waals surface area contributed by atoms with E-state index < -0.39 is 0 Å². The van der Waals surface area contributed by atoms with E-state index in [0.717, 1.165) is 22.0 Å². The number of anilines is 1. The molecule has 0 saturated heterocycles. The monoisotopic (exact) mass is 459 g/mol. The highest BCUT2D eigenvalue weighted by atomic mass is 35.5. The van der Waals surface area contributed by atoms with Crippen LogP contribution in [0.5, 0.6) is 5.75 Å². The summed E-state index contributed by atoms with van der Waals surface area (Å²) in [6.45, 7) is 0.724. The topological polar surface area (TPSA) is 21.3 Å². The second kappa shape index (κ2) is 9.13. The van der Waals surface area contributed by atoms with Gasteiger partial charge in [-0.2, -0.15) is 0 Å². The van der Waals surface area contributed by atoms with Crippen LogP contribution >= 0.6 is 34.8 Å². The van der Waals surface area contributed by atoms with Crippen LogP contribution < -0.4 is 10.1 Å². The first-order valence-electron chi connectivity index (χ1n) is 9.27. The van der Waals surface area contributed by atoms with Gasteiger partial charge in [-0.05, 0) is 47.2 Å². The summed E-state index contributed by atoms with van der Waals surface area (Å²) in [4.78, 5) is 0. The van der Waals surface area contributed by atoms with Crippen molar-refractivity contribution < 1.29 is 9.13 Å². The lowest BCUT2D eigenvalue weighted by molar-refractivity contribution is 0.304. The molecule has 0 saturated carbocycles. The smallest absolute Gasteiger partial charge is 0.125 e. The van der Waals surface area contributed by atoms with E-state index in [1.807, 2.05) is 36.4 Å². The highest BCUT2D eigenvalue weighted by Crippen LogP contribution is 2.32. The fourth-order valence-electron chi connectivity index (χ4n) is 3.24. The van der Waals surface area contributed by atoms with E-state index in [1.54, 1.807) is 18.2 Å². The molecule has 0 radical (unpaired) electrons. The number of benzene rings is 4. The Morgan fingerprint density at radius 1 is 0.833 bits per heavy atom. The lowest BCUT2D eigenvalue weighted by atomic mass is 10.0. The molecule has 0 bridgehead atoms. The van der Waals surface area contributed by atoms with Gasteiger partial charge in [-0.25, -0.2) is 4.39 Å². The van der Waals surface area contributed by atoms with Crippen LogP contribution in [0.4, 0.5) is 10.1 Å².